The molecule has 3 aromatic rings. The van der Waals surface area contributed by atoms with E-state index in [4.69, 9.17) is 58.6 Å². The van der Waals surface area contributed by atoms with Crippen LogP contribution in [0.15, 0.2) is 66.7 Å². The van der Waals surface area contributed by atoms with Crippen molar-refractivity contribution >= 4 is 86.1 Å². The van der Waals surface area contributed by atoms with Gasteiger partial charge in [0.1, 0.15) is 6.17 Å². The van der Waals surface area contributed by atoms with Crippen LogP contribution in [0.4, 0.5) is 5.69 Å². The Kier molecular flexibility index (Phi) is 7.09. The minimum absolute atomic E-state index is 0.168. The quantitative estimate of drug-likeness (QED) is 0.244. The molecule has 0 radical (unpaired) electrons. The van der Waals surface area contributed by atoms with Gasteiger partial charge in [-0.05, 0) is 53.3 Å². The van der Waals surface area contributed by atoms with Crippen LogP contribution < -0.4 is 16.0 Å². The van der Waals surface area contributed by atoms with Crippen LogP contribution in [0.3, 0.4) is 0 Å². The second kappa shape index (κ2) is 9.37. The van der Waals surface area contributed by atoms with Crippen LogP contribution in [0.5, 0.6) is 0 Å². The lowest BCUT2D eigenvalue weighted by molar-refractivity contribution is 0.0936. The zero-order valence-corrected chi connectivity index (χ0v) is 18.6. The van der Waals surface area contributed by atoms with Gasteiger partial charge in [0, 0.05) is 16.3 Å². The fourth-order valence-electron chi connectivity index (χ4n) is 2.66. The van der Waals surface area contributed by atoms with Crippen molar-refractivity contribution in [1.29, 1.82) is 0 Å². The molecule has 0 aliphatic rings. The minimum atomic E-state index is -1.86. The van der Waals surface area contributed by atoms with Gasteiger partial charge in [-0.3, -0.25) is 4.79 Å². The predicted octanol–water partition coefficient (Wildman–Crippen LogP) is 5.91. The number of fused-ring (bicyclic) bond motifs is 1. The number of carbonyl (C=O) groups is 1. The topological polar surface area (TPSA) is 53.2 Å². The van der Waals surface area contributed by atoms with Crippen molar-refractivity contribution in [3.63, 3.8) is 0 Å². The summed E-state index contributed by atoms with van der Waals surface area (Å²) < 4.78 is -1.86. The number of alkyl halides is 3. The Morgan fingerprint density at radius 2 is 1.55 bits per heavy atom. The van der Waals surface area contributed by atoms with Gasteiger partial charge in [0.25, 0.3) is 5.91 Å². The maximum Gasteiger partial charge on any atom is 0.253 e. The molecule has 0 saturated heterocycles. The normalized spacial score (nSPS) is 12.3. The monoisotopic (exact) mass is 485 g/mol. The third kappa shape index (κ3) is 5.87. The van der Waals surface area contributed by atoms with E-state index < -0.39 is 15.9 Å². The van der Waals surface area contributed by atoms with Gasteiger partial charge in [0.05, 0.1) is 0 Å². The molecule has 3 rings (SSSR count). The molecule has 150 valence electrons. The number of anilines is 1. The van der Waals surface area contributed by atoms with Gasteiger partial charge in [-0.25, -0.2) is 0 Å². The van der Waals surface area contributed by atoms with Crippen molar-refractivity contribution in [1.82, 2.24) is 10.6 Å². The number of carbonyl (C=O) groups excluding carboxylic acids is 1. The Morgan fingerprint density at radius 3 is 2.24 bits per heavy atom. The maximum atomic E-state index is 12.9. The molecule has 3 N–H and O–H groups in total. The summed E-state index contributed by atoms with van der Waals surface area (Å²) >= 11 is 29.3. The van der Waals surface area contributed by atoms with Crippen LogP contribution in [0.1, 0.15) is 10.4 Å². The molecular formula is C20H15Cl4N3OS. The lowest BCUT2D eigenvalue weighted by atomic mass is 10.0. The van der Waals surface area contributed by atoms with Crippen molar-refractivity contribution in [3.8, 4) is 0 Å². The average molecular weight is 487 g/mol. The van der Waals surface area contributed by atoms with E-state index in [1.165, 1.54) is 0 Å². The highest BCUT2D eigenvalue weighted by Crippen LogP contribution is 2.30. The molecule has 4 nitrogen and oxygen atoms in total. The summed E-state index contributed by atoms with van der Waals surface area (Å²) in [6.45, 7) is 0. The first-order valence-corrected chi connectivity index (χ1v) is 10.3. The van der Waals surface area contributed by atoms with Crippen LogP contribution >= 0.6 is 58.6 Å². The van der Waals surface area contributed by atoms with E-state index >= 15 is 0 Å². The molecule has 0 bridgehead atoms. The van der Waals surface area contributed by atoms with Gasteiger partial charge in [0.2, 0.25) is 3.79 Å². The average Bonchev–Trinajstić information content (AvgIpc) is 2.68. The Morgan fingerprint density at radius 1 is 0.897 bits per heavy atom. The molecule has 0 aliphatic carbocycles. The van der Waals surface area contributed by atoms with E-state index in [-0.39, 0.29) is 5.11 Å². The standard InChI is InChI=1S/C20H15Cl4N3OS/c21-13-8-10-14(11-9-13)25-19(29)27-18(20(22,23)24)26-17(28)16-7-3-5-12-4-1-2-6-15(12)16/h1-11,18H,(H,26,28)(H2,25,27,29)/t18-/m0/s1. The van der Waals surface area contributed by atoms with Gasteiger partial charge in [-0.15, -0.1) is 0 Å². The van der Waals surface area contributed by atoms with Crippen LogP contribution in [-0.4, -0.2) is 21.0 Å². The van der Waals surface area contributed by atoms with Gasteiger partial charge in [0.15, 0.2) is 5.11 Å². The minimum Gasteiger partial charge on any atom is -0.339 e. The fourth-order valence-corrected chi connectivity index (χ4v) is 3.35. The number of amides is 1. The highest BCUT2D eigenvalue weighted by molar-refractivity contribution is 7.80. The number of rotatable bonds is 4. The fraction of sp³-hybridized carbons (Fsp3) is 0.100. The molecule has 9 heteroatoms. The molecule has 0 spiro atoms. The van der Waals surface area contributed by atoms with Crippen molar-refractivity contribution in [2.75, 3.05) is 5.32 Å². The summed E-state index contributed by atoms with van der Waals surface area (Å²) in [5.41, 5.74) is 1.15. The smallest absolute Gasteiger partial charge is 0.253 e. The second-order valence-electron chi connectivity index (χ2n) is 6.08. The number of halogens is 4. The first-order chi connectivity index (χ1) is 13.7. The number of nitrogens with one attached hydrogen (secondary N) is 3. The number of hydrogen-bond acceptors (Lipinski definition) is 2. The predicted molar refractivity (Wildman–Crippen MR) is 126 cm³/mol. The Hall–Kier alpha value is -1.76. The largest absolute Gasteiger partial charge is 0.339 e. The van der Waals surface area contributed by atoms with E-state index in [0.29, 0.717) is 16.3 Å². The molecule has 0 aliphatic heterocycles. The zero-order chi connectivity index (χ0) is 21.0. The molecule has 0 aromatic heterocycles. The Labute approximate surface area is 193 Å². The highest BCUT2D eigenvalue weighted by Gasteiger charge is 2.35. The lowest BCUT2D eigenvalue weighted by Gasteiger charge is -2.28. The van der Waals surface area contributed by atoms with E-state index in [9.17, 15) is 4.79 Å². The van der Waals surface area contributed by atoms with Crippen molar-refractivity contribution in [3.05, 3.63) is 77.3 Å². The molecule has 0 fully saturated rings. The molecular weight excluding hydrogens is 472 g/mol. The summed E-state index contributed by atoms with van der Waals surface area (Å²) in [6, 6.07) is 19.9. The van der Waals surface area contributed by atoms with Crippen LogP contribution in [0.25, 0.3) is 10.8 Å². The molecule has 0 heterocycles. The molecule has 0 unspecified atom stereocenters. The Bertz CT molecular complexity index is 1030. The van der Waals surface area contributed by atoms with Crippen LogP contribution in [0.2, 0.25) is 5.02 Å². The summed E-state index contributed by atoms with van der Waals surface area (Å²) in [4.78, 5) is 12.9. The molecule has 29 heavy (non-hydrogen) atoms. The first kappa shape index (κ1) is 21.9. The summed E-state index contributed by atoms with van der Waals surface area (Å²) in [7, 11) is 0. The first-order valence-electron chi connectivity index (χ1n) is 8.42. The molecule has 3 aromatic carbocycles. The van der Waals surface area contributed by atoms with E-state index in [2.05, 4.69) is 16.0 Å². The zero-order valence-electron chi connectivity index (χ0n) is 14.8. The second-order valence-corrected chi connectivity index (χ2v) is 9.29. The van der Waals surface area contributed by atoms with E-state index in [1.54, 1.807) is 36.4 Å². The molecule has 0 saturated carbocycles. The third-order valence-electron chi connectivity index (χ3n) is 4.01. The van der Waals surface area contributed by atoms with Gasteiger partial charge in [-0.1, -0.05) is 82.8 Å². The van der Waals surface area contributed by atoms with E-state index in [0.717, 1.165) is 10.8 Å². The van der Waals surface area contributed by atoms with Crippen molar-refractivity contribution < 1.29 is 4.79 Å². The lowest BCUT2D eigenvalue weighted by Crippen LogP contribution is -2.56. The summed E-state index contributed by atoms with van der Waals surface area (Å²) in [5.74, 6) is -0.403. The highest BCUT2D eigenvalue weighted by atomic mass is 35.6. The van der Waals surface area contributed by atoms with Crippen LogP contribution in [0, 0.1) is 0 Å². The maximum absolute atomic E-state index is 12.9. The van der Waals surface area contributed by atoms with Crippen LogP contribution in [-0.2, 0) is 0 Å². The van der Waals surface area contributed by atoms with Crippen molar-refractivity contribution in [2.24, 2.45) is 0 Å². The van der Waals surface area contributed by atoms with Gasteiger partial charge in [-0.2, -0.15) is 0 Å². The molecule has 1 amide bonds. The number of hydrogen-bond donors (Lipinski definition) is 3. The Balaban J connectivity index is 1.76. The van der Waals surface area contributed by atoms with Crippen molar-refractivity contribution in [2.45, 2.75) is 9.96 Å². The SMILES string of the molecule is O=C(N[C@@H](NC(=S)Nc1ccc(Cl)cc1)C(Cl)(Cl)Cl)c1cccc2ccccc12. The molecule has 1 atom stereocenters. The van der Waals surface area contributed by atoms with E-state index in [1.807, 2.05) is 30.3 Å². The number of thiocarbonyl (C=S) groups is 1. The number of benzene rings is 3. The third-order valence-corrected chi connectivity index (χ3v) is 5.14. The summed E-state index contributed by atoms with van der Waals surface area (Å²) in [6.07, 6.45) is -1.08. The van der Waals surface area contributed by atoms with Gasteiger partial charge >= 0.3 is 0 Å². The summed E-state index contributed by atoms with van der Waals surface area (Å²) in [5, 5.41) is 11.0. The van der Waals surface area contributed by atoms with Gasteiger partial charge < -0.3 is 16.0 Å².